The molecule has 5 atom stereocenters. The van der Waals surface area contributed by atoms with Gasteiger partial charge < -0.3 is 24.5 Å². The van der Waals surface area contributed by atoms with E-state index in [1.165, 1.54) is 0 Å². The van der Waals surface area contributed by atoms with Crippen LogP contribution in [0.2, 0.25) is 0 Å². The molecule has 1 amide bonds. The number of halogens is 5. The summed E-state index contributed by atoms with van der Waals surface area (Å²) >= 11 is 0. The van der Waals surface area contributed by atoms with Crippen LogP contribution in [0.4, 0.5) is 22.0 Å². The number of fused-ring (bicyclic) bond motifs is 3. The zero-order valence-corrected chi connectivity index (χ0v) is 29.4. The zero-order chi connectivity index (χ0) is 37.2. The van der Waals surface area contributed by atoms with Crippen molar-refractivity contribution < 1.29 is 46.1 Å². The Kier molecular flexibility index (Phi) is 9.50. The van der Waals surface area contributed by atoms with Crippen LogP contribution in [0.5, 0.6) is 5.75 Å². The maximum atomic E-state index is 14.6. The number of benzene rings is 1. The molecular weight excluding hydrogens is 689 g/mol. The Morgan fingerprint density at radius 2 is 1.85 bits per heavy atom. The first-order chi connectivity index (χ1) is 24.6. The van der Waals surface area contributed by atoms with Gasteiger partial charge in [0.05, 0.1) is 42.9 Å². The SMILES string of the molecule is COC[C@@H](C)n1cc(-c2ncc(C(=O)NC3(C(=O)O)CC4CC(C)CC3C4)c(C(F)(F)F)n2)c2ccc(O[C@H]3CC[C@H](N4CC(F)(F)C4)CC3)cc21. The topological polar surface area (TPSA) is 119 Å². The summed E-state index contributed by atoms with van der Waals surface area (Å²) in [6.07, 6.45) is 2.37. The summed E-state index contributed by atoms with van der Waals surface area (Å²) in [4.78, 5) is 36.1. The smallest absolute Gasteiger partial charge is 0.434 e. The Labute approximate surface area is 298 Å². The number of carbonyl (C=O) groups is 2. The molecule has 4 fully saturated rings. The van der Waals surface area contributed by atoms with Crippen molar-refractivity contribution in [2.45, 2.75) is 101 Å². The highest BCUT2D eigenvalue weighted by Crippen LogP contribution is 2.51. The van der Waals surface area contributed by atoms with Gasteiger partial charge in [-0.05, 0) is 88.2 Å². The third-order valence-electron chi connectivity index (χ3n) is 11.6. The summed E-state index contributed by atoms with van der Waals surface area (Å²) in [5.74, 6) is -4.78. The first kappa shape index (κ1) is 36.5. The van der Waals surface area contributed by atoms with Crippen molar-refractivity contribution in [2.24, 2.45) is 17.8 Å². The van der Waals surface area contributed by atoms with Crippen LogP contribution in [-0.2, 0) is 15.7 Å². The summed E-state index contributed by atoms with van der Waals surface area (Å²) in [6.45, 7) is 3.81. The predicted molar refractivity (Wildman–Crippen MR) is 180 cm³/mol. The number of rotatable bonds is 10. The van der Waals surface area contributed by atoms with E-state index < -0.39 is 40.8 Å². The van der Waals surface area contributed by atoms with E-state index in [1.54, 1.807) is 25.4 Å². The van der Waals surface area contributed by atoms with Crippen molar-refractivity contribution in [2.75, 3.05) is 26.8 Å². The highest BCUT2D eigenvalue weighted by molar-refractivity contribution is 6.00. The molecule has 2 aromatic heterocycles. The molecule has 7 rings (SSSR count). The van der Waals surface area contributed by atoms with E-state index in [0.717, 1.165) is 25.5 Å². The van der Waals surface area contributed by atoms with Gasteiger partial charge in [0.25, 0.3) is 11.8 Å². The van der Waals surface area contributed by atoms with E-state index in [0.29, 0.717) is 54.5 Å². The first-order valence-corrected chi connectivity index (χ1v) is 18.0. The number of hydrogen-bond acceptors (Lipinski definition) is 7. The minimum absolute atomic E-state index is 0.0677. The molecule has 282 valence electrons. The Morgan fingerprint density at radius 3 is 2.50 bits per heavy atom. The number of carbonyl (C=O) groups excluding carboxylic acids is 1. The van der Waals surface area contributed by atoms with Crippen molar-refractivity contribution >= 4 is 22.8 Å². The minimum Gasteiger partial charge on any atom is -0.490 e. The molecule has 2 N–H and O–H groups in total. The minimum atomic E-state index is -5.04. The lowest BCUT2D eigenvalue weighted by Crippen LogP contribution is -2.60. The standard InChI is InChI=1S/C37H44F5N5O5/c1-20-10-22-12-23(11-20)36(14-22,34(49)50)45-33(48)28-15-43-32(44-31(28)37(40,41)42)29-16-47(21(2)17-51-3)30-13-26(8-9-27(29)30)52-25-6-4-24(5-7-25)46-18-35(38,39)19-46/h8-9,13,15-16,20-25H,4-7,10-12,14,17-19H2,1-3H3,(H,45,48)(H,49,50)/t20?,21-,22?,23?,24-,25-,36?/m1/s1. The van der Waals surface area contributed by atoms with E-state index in [1.807, 2.05) is 29.4 Å². The molecule has 3 heterocycles. The molecule has 10 nitrogen and oxygen atoms in total. The predicted octanol–water partition coefficient (Wildman–Crippen LogP) is 6.97. The molecule has 3 aromatic rings. The van der Waals surface area contributed by atoms with Crippen LogP contribution in [0.3, 0.4) is 0 Å². The third kappa shape index (κ3) is 6.85. The summed E-state index contributed by atoms with van der Waals surface area (Å²) in [5.41, 5.74) is -3.00. The molecular formula is C37H44F5N5O5. The van der Waals surface area contributed by atoms with Crippen molar-refractivity contribution in [3.63, 3.8) is 0 Å². The molecule has 52 heavy (non-hydrogen) atoms. The Bertz CT molecular complexity index is 1830. The van der Waals surface area contributed by atoms with E-state index in [9.17, 15) is 36.6 Å². The van der Waals surface area contributed by atoms with Crippen LogP contribution >= 0.6 is 0 Å². The number of ether oxygens (including phenoxy) is 2. The van der Waals surface area contributed by atoms with E-state index in [-0.39, 0.29) is 61.3 Å². The number of methoxy groups -OCH3 is 1. The van der Waals surface area contributed by atoms with Gasteiger partial charge in [-0.1, -0.05) is 6.92 Å². The highest BCUT2D eigenvalue weighted by atomic mass is 19.4. The number of aromatic nitrogens is 3. The van der Waals surface area contributed by atoms with E-state index in [2.05, 4.69) is 15.3 Å². The second kappa shape index (κ2) is 13.5. The maximum absolute atomic E-state index is 14.6. The second-order valence-electron chi connectivity index (χ2n) is 15.5. The average Bonchev–Trinajstić information content (AvgIpc) is 3.57. The van der Waals surface area contributed by atoms with E-state index in [4.69, 9.17) is 9.47 Å². The van der Waals surface area contributed by atoms with Crippen LogP contribution in [0.25, 0.3) is 22.3 Å². The van der Waals surface area contributed by atoms with Crippen LogP contribution in [0.1, 0.15) is 87.3 Å². The summed E-state index contributed by atoms with van der Waals surface area (Å²) in [5, 5.41) is 13.3. The molecule has 2 bridgehead atoms. The summed E-state index contributed by atoms with van der Waals surface area (Å²) in [7, 11) is 1.55. The van der Waals surface area contributed by atoms with Crippen molar-refractivity contribution in [1.29, 1.82) is 0 Å². The fraction of sp³-hybridized carbons (Fsp3) is 0.622. The lowest BCUT2D eigenvalue weighted by molar-refractivity contribution is -0.151. The third-order valence-corrected chi connectivity index (χ3v) is 11.6. The lowest BCUT2D eigenvalue weighted by Gasteiger charge is -2.46. The van der Waals surface area contributed by atoms with Gasteiger partial charge in [0.15, 0.2) is 11.5 Å². The molecule has 0 spiro atoms. The lowest BCUT2D eigenvalue weighted by atomic mass is 9.78. The van der Waals surface area contributed by atoms with Crippen LogP contribution in [0.15, 0.2) is 30.6 Å². The average molecular weight is 734 g/mol. The summed E-state index contributed by atoms with van der Waals surface area (Å²) < 4.78 is 84.2. The maximum Gasteiger partial charge on any atom is 0.434 e. The normalized spacial score (nSPS) is 29.4. The Balaban J connectivity index is 1.16. The fourth-order valence-corrected chi connectivity index (χ4v) is 9.26. The number of nitrogens with zero attached hydrogens (tertiary/aromatic N) is 4. The highest BCUT2D eigenvalue weighted by Gasteiger charge is 2.56. The van der Waals surface area contributed by atoms with Crippen LogP contribution in [-0.4, -0.2) is 86.8 Å². The monoisotopic (exact) mass is 733 g/mol. The van der Waals surface area contributed by atoms with Crippen LogP contribution < -0.4 is 10.1 Å². The number of carboxylic acid groups (broad SMARTS) is 1. The fourth-order valence-electron chi connectivity index (χ4n) is 9.26. The number of likely N-dealkylation sites (tertiary alicyclic amines) is 1. The molecule has 0 radical (unpaired) electrons. The van der Waals surface area contributed by atoms with Gasteiger partial charge in [0.2, 0.25) is 0 Å². The number of nitrogens with one attached hydrogen (secondary N) is 1. The van der Waals surface area contributed by atoms with Crippen LogP contribution in [0, 0.1) is 17.8 Å². The molecule has 3 saturated carbocycles. The molecule has 1 aromatic carbocycles. The van der Waals surface area contributed by atoms with Crippen molar-refractivity contribution in [3.8, 4) is 17.1 Å². The number of carboxylic acids is 1. The van der Waals surface area contributed by atoms with Crippen molar-refractivity contribution in [3.05, 3.63) is 41.9 Å². The Morgan fingerprint density at radius 1 is 1.12 bits per heavy atom. The van der Waals surface area contributed by atoms with Crippen molar-refractivity contribution in [1.82, 2.24) is 24.8 Å². The van der Waals surface area contributed by atoms with Gasteiger partial charge in [-0.3, -0.25) is 9.69 Å². The molecule has 3 aliphatic carbocycles. The zero-order valence-electron chi connectivity index (χ0n) is 29.4. The van der Waals surface area contributed by atoms with Gasteiger partial charge in [-0.15, -0.1) is 0 Å². The second-order valence-corrected chi connectivity index (χ2v) is 15.5. The van der Waals surface area contributed by atoms with Gasteiger partial charge in [-0.2, -0.15) is 13.2 Å². The number of aliphatic carboxylic acids is 1. The quantitative estimate of drug-likeness (QED) is 0.215. The number of amides is 1. The summed E-state index contributed by atoms with van der Waals surface area (Å²) in [6, 6.07) is 5.14. The largest absolute Gasteiger partial charge is 0.490 e. The number of alkyl halides is 5. The number of hydrogen-bond donors (Lipinski definition) is 2. The molecule has 4 unspecified atom stereocenters. The van der Waals surface area contributed by atoms with Gasteiger partial charge in [0.1, 0.15) is 11.3 Å². The van der Waals surface area contributed by atoms with Gasteiger partial charge in [0, 0.05) is 42.6 Å². The van der Waals surface area contributed by atoms with E-state index >= 15 is 0 Å². The Hall–Kier alpha value is -3.85. The molecule has 1 saturated heterocycles. The van der Waals surface area contributed by atoms with Gasteiger partial charge >= 0.3 is 12.1 Å². The molecule has 1 aliphatic heterocycles. The molecule has 15 heteroatoms. The molecule has 4 aliphatic rings. The first-order valence-electron chi connectivity index (χ1n) is 18.0. The van der Waals surface area contributed by atoms with Gasteiger partial charge in [-0.25, -0.2) is 23.5 Å².